The Balaban J connectivity index is 2.19. The van der Waals surface area contributed by atoms with E-state index in [-0.39, 0.29) is 12.0 Å². The third-order valence-corrected chi connectivity index (χ3v) is 5.13. The molecule has 0 radical (unpaired) electrons. The average Bonchev–Trinajstić information content (AvgIpc) is 2.69. The molecule has 1 aliphatic carbocycles. The predicted octanol–water partition coefficient (Wildman–Crippen LogP) is 3.27. The second kappa shape index (κ2) is 4.77. The van der Waals surface area contributed by atoms with Gasteiger partial charge in [-0.1, -0.05) is 28.9 Å². The molecule has 1 aliphatic heterocycles. The van der Waals surface area contributed by atoms with E-state index in [1.165, 1.54) is 0 Å². The van der Waals surface area contributed by atoms with Crippen molar-refractivity contribution in [3.63, 3.8) is 0 Å². The summed E-state index contributed by atoms with van der Waals surface area (Å²) in [5, 5.41) is 0. The van der Waals surface area contributed by atoms with Crippen LogP contribution >= 0.6 is 15.9 Å². The Hall–Kier alpha value is 0.317. The lowest BCUT2D eigenvalue weighted by Gasteiger charge is -2.42. The van der Waals surface area contributed by atoms with Crippen LogP contribution in [0.25, 0.3) is 0 Å². The minimum absolute atomic E-state index is 0.195. The van der Waals surface area contributed by atoms with Crippen molar-refractivity contribution in [2.24, 2.45) is 5.92 Å². The van der Waals surface area contributed by atoms with Gasteiger partial charge in [-0.05, 0) is 26.1 Å². The summed E-state index contributed by atoms with van der Waals surface area (Å²) in [7, 11) is -1.53. The van der Waals surface area contributed by atoms with E-state index in [9.17, 15) is 0 Å². The Morgan fingerprint density at radius 1 is 1.35 bits per heavy atom. The van der Waals surface area contributed by atoms with Gasteiger partial charge in [0.2, 0.25) is 5.79 Å². The van der Waals surface area contributed by atoms with Crippen molar-refractivity contribution in [2.75, 3.05) is 13.2 Å². The molecule has 98 valence electrons. The number of halogens is 1. The molecule has 0 aromatic heterocycles. The Kier molecular flexibility index (Phi) is 3.86. The topological polar surface area (TPSA) is 27.7 Å². The lowest BCUT2D eigenvalue weighted by molar-refractivity contribution is -0.180. The summed E-state index contributed by atoms with van der Waals surface area (Å²) in [6, 6.07) is 0. The summed E-state index contributed by atoms with van der Waals surface area (Å²) in [5.41, 5.74) is 0. The second-order valence-corrected chi connectivity index (χ2v) is 11.0. The molecule has 2 rings (SSSR count). The fraction of sp³-hybridized carbons (Fsp3) is 0.833. The van der Waals surface area contributed by atoms with Crippen molar-refractivity contribution in [1.29, 1.82) is 0 Å². The predicted molar refractivity (Wildman–Crippen MR) is 73.6 cm³/mol. The van der Waals surface area contributed by atoms with Gasteiger partial charge >= 0.3 is 0 Å². The number of rotatable bonds is 2. The largest absolute Gasteiger partial charge is 0.414 e. The molecule has 1 fully saturated rings. The molecule has 0 aromatic carbocycles. The minimum atomic E-state index is -1.53. The van der Waals surface area contributed by atoms with Crippen LogP contribution in [0.3, 0.4) is 0 Å². The van der Waals surface area contributed by atoms with Gasteiger partial charge in [0.05, 0.1) is 23.8 Å². The highest BCUT2D eigenvalue weighted by atomic mass is 79.9. The quantitative estimate of drug-likeness (QED) is 0.731. The zero-order chi connectivity index (χ0) is 12.7. The number of hydrogen-bond acceptors (Lipinski definition) is 3. The lowest BCUT2D eigenvalue weighted by Crippen LogP contribution is -2.50. The van der Waals surface area contributed by atoms with E-state index in [2.05, 4.69) is 48.6 Å². The summed E-state index contributed by atoms with van der Waals surface area (Å²) in [6.45, 7) is 10.1. The molecule has 0 N–H and O–H groups in total. The Bertz CT molecular complexity index is 318. The van der Waals surface area contributed by atoms with Crippen molar-refractivity contribution in [2.45, 2.75) is 44.9 Å². The number of ether oxygens (including phenoxy) is 2. The van der Waals surface area contributed by atoms with Gasteiger partial charge in [0.1, 0.15) is 0 Å². The van der Waals surface area contributed by atoms with Crippen LogP contribution in [-0.4, -0.2) is 33.4 Å². The van der Waals surface area contributed by atoms with Gasteiger partial charge in [0.15, 0.2) is 8.32 Å². The van der Waals surface area contributed by atoms with Crippen LogP contribution in [0.5, 0.6) is 0 Å². The van der Waals surface area contributed by atoms with E-state index in [0.717, 1.165) is 10.9 Å². The first-order valence-electron chi connectivity index (χ1n) is 6.17. The van der Waals surface area contributed by atoms with Gasteiger partial charge in [-0.25, -0.2) is 0 Å². The van der Waals surface area contributed by atoms with Crippen LogP contribution in [-0.2, 0) is 13.9 Å². The summed E-state index contributed by atoms with van der Waals surface area (Å²) < 4.78 is 19.0. The third-order valence-electron chi connectivity index (χ3n) is 3.24. The molecular weight excluding hydrogens is 300 g/mol. The maximum atomic E-state index is 6.24. The zero-order valence-corrected chi connectivity index (χ0v) is 13.5. The van der Waals surface area contributed by atoms with Crippen LogP contribution in [0.1, 0.15) is 13.3 Å². The van der Waals surface area contributed by atoms with Crippen LogP contribution in [0.4, 0.5) is 0 Å². The van der Waals surface area contributed by atoms with E-state index in [0.29, 0.717) is 13.2 Å². The molecule has 3 nitrogen and oxygen atoms in total. The van der Waals surface area contributed by atoms with Crippen LogP contribution in [0.15, 0.2) is 10.6 Å². The van der Waals surface area contributed by atoms with Gasteiger partial charge in [0.25, 0.3) is 0 Å². The highest BCUT2D eigenvalue weighted by molar-refractivity contribution is 9.11. The monoisotopic (exact) mass is 320 g/mol. The zero-order valence-electron chi connectivity index (χ0n) is 11.0. The highest BCUT2D eigenvalue weighted by Gasteiger charge is 2.50. The summed E-state index contributed by atoms with van der Waals surface area (Å²) >= 11 is 3.59. The van der Waals surface area contributed by atoms with Crippen molar-refractivity contribution < 1.29 is 13.9 Å². The van der Waals surface area contributed by atoms with E-state index in [1.54, 1.807) is 0 Å². The molecule has 0 unspecified atom stereocenters. The van der Waals surface area contributed by atoms with Crippen molar-refractivity contribution in [3.05, 3.63) is 10.6 Å². The van der Waals surface area contributed by atoms with Gasteiger partial charge in [0, 0.05) is 5.92 Å². The van der Waals surface area contributed by atoms with Crippen molar-refractivity contribution in [1.82, 2.24) is 0 Å². The standard InChI is InChI=1S/C12H21BrO3Si/c1-9-10(16-17(2,3)4)5-6-11(13)12(9)14-7-8-15-12/h6,9-10H,5,7-8H2,1-4H3/t9-,10-/m1/s1. The molecule has 2 atom stereocenters. The molecule has 17 heavy (non-hydrogen) atoms. The molecule has 1 heterocycles. The van der Waals surface area contributed by atoms with E-state index >= 15 is 0 Å². The second-order valence-electron chi connectivity index (χ2n) is 5.71. The highest BCUT2D eigenvalue weighted by Crippen LogP contribution is 2.45. The molecule has 0 amide bonds. The molecule has 0 saturated carbocycles. The Morgan fingerprint density at radius 3 is 2.47 bits per heavy atom. The van der Waals surface area contributed by atoms with Crippen LogP contribution < -0.4 is 0 Å². The Labute approximate surface area is 113 Å². The minimum Gasteiger partial charge on any atom is -0.414 e. The van der Waals surface area contributed by atoms with Crippen molar-refractivity contribution in [3.8, 4) is 0 Å². The van der Waals surface area contributed by atoms with Crippen molar-refractivity contribution >= 4 is 24.2 Å². The first-order valence-corrected chi connectivity index (χ1v) is 10.4. The average molecular weight is 321 g/mol. The van der Waals surface area contributed by atoms with Gasteiger partial charge in [-0.2, -0.15) is 0 Å². The summed E-state index contributed by atoms with van der Waals surface area (Å²) in [6.07, 6.45) is 3.26. The SMILES string of the molecule is C[C@@H]1[C@H](O[Si](C)(C)C)CC=C(Br)C12OCCO2. The normalized spacial score (nSPS) is 32.9. The molecule has 1 spiro atoms. The molecule has 0 bridgehead atoms. The first-order chi connectivity index (χ1) is 7.85. The lowest BCUT2D eigenvalue weighted by atomic mass is 9.87. The summed E-state index contributed by atoms with van der Waals surface area (Å²) in [4.78, 5) is 0. The van der Waals surface area contributed by atoms with E-state index < -0.39 is 14.1 Å². The molecule has 2 aliphatic rings. The van der Waals surface area contributed by atoms with E-state index in [4.69, 9.17) is 13.9 Å². The van der Waals surface area contributed by atoms with Crippen LogP contribution in [0, 0.1) is 5.92 Å². The molecular formula is C12H21BrO3Si. The van der Waals surface area contributed by atoms with E-state index in [1.807, 2.05) is 0 Å². The fourth-order valence-corrected chi connectivity index (χ4v) is 4.45. The Morgan fingerprint density at radius 2 is 1.94 bits per heavy atom. The van der Waals surface area contributed by atoms with Gasteiger partial charge < -0.3 is 13.9 Å². The summed E-state index contributed by atoms with van der Waals surface area (Å²) in [5.74, 6) is -0.376. The first kappa shape index (κ1) is 13.7. The third kappa shape index (κ3) is 2.68. The van der Waals surface area contributed by atoms with Gasteiger partial charge in [-0.15, -0.1) is 0 Å². The van der Waals surface area contributed by atoms with Crippen LogP contribution in [0.2, 0.25) is 19.6 Å². The molecule has 1 saturated heterocycles. The molecule has 5 heteroatoms. The molecule has 0 aromatic rings. The maximum absolute atomic E-state index is 6.24. The number of hydrogen-bond donors (Lipinski definition) is 0. The fourth-order valence-electron chi connectivity index (χ4n) is 2.46. The smallest absolute Gasteiger partial charge is 0.206 e. The maximum Gasteiger partial charge on any atom is 0.206 e. The van der Waals surface area contributed by atoms with Gasteiger partial charge in [-0.3, -0.25) is 0 Å².